The first-order valence-corrected chi connectivity index (χ1v) is 9.93. The van der Waals surface area contributed by atoms with Crippen molar-refractivity contribution in [1.82, 2.24) is 25.4 Å². The summed E-state index contributed by atoms with van der Waals surface area (Å²) in [5.74, 6) is 1.26. The molecule has 0 spiro atoms. The average molecular weight is 433 g/mol. The molecule has 0 aliphatic carbocycles. The number of benzene rings is 2. The van der Waals surface area contributed by atoms with E-state index < -0.39 is 6.10 Å². The number of nitrogens with one attached hydrogen (secondary N) is 2. The van der Waals surface area contributed by atoms with Crippen LogP contribution in [0.15, 0.2) is 59.9 Å². The molecule has 1 atom stereocenters. The number of hydrogen-bond donors (Lipinski definition) is 3. The molecule has 7 nitrogen and oxygen atoms in total. The summed E-state index contributed by atoms with van der Waals surface area (Å²) in [6.07, 6.45) is 0.871. The van der Waals surface area contributed by atoms with Gasteiger partial charge >= 0.3 is 0 Å². The smallest absolute Gasteiger partial charge is 0.191 e. The van der Waals surface area contributed by atoms with Crippen LogP contribution in [0, 0.1) is 0 Å². The third-order valence-corrected chi connectivity index (χ3v) is 4.54. The van der Waals surface area contributed by atoms with E-state index in [4.69, 9.17) is 23.2 Å². The van der Waals surface area contributed by atoms with Gasteiger partial charge < -0.3 is 15.7 Å². The van der Waals surface area contributed by atoms with E-state index in [1.807, 2.05) is 41.8 Å². The maximum atomic E-state index is 10.4. The van der Waals surface area contributed by atoms with E-state index in [1.54, 1.807) is 24.5 Å². The van der Waals surface area contributed by atoms with Gasteiger partial charge in [0, 0.05) is 28.8 Å². The molecule has 9 heteroatoms. The molecular formula is C20H22Cl2N6O. The second-order valence-electron chi connectivity index (χ2n) is 6.25. The molecule has 0 aliphatic heterocycles. The van der Waals surface area contributed by atoms with Crippen molar-refractivity contribution in [3.63, 3.8) is 0 Å². The second kappa shape index (κ2) is 10.2. The van der Waals surface area contributed by atoms with Crippen LogP contribution in [0.4, 0.5) is 0 Å². The van der Waals surface area contributed by atoms with Gasteiger partial charge in [-0.25, -0.2) is 4.99 Å². The van der Waals surface area contributed by atoms with Crippen LogP contribution < -0.4 is 10.6 Å². The largest absolute Gasteiger partial charge is 0.387 e. The van der Waals surface area contributed by atoms with Crippen LogP contribution in [-0.2, 0) is 6.54 Å². The number of rotatable bonds is 7. The molecular weight excluding hydrogens is 411 g/mol. The minimum atomic E-state index is -0.789. The zero-order valence-electron chi connectivity index (χ0n) is 15.9. The molecule has 1 unspecified atom stereocenters. The number of aliphatic imine (C=N–C) groups is 1. The Morgan fingerprint density at radius 1 is 1.14 bits per heavy atom. The maximum Gasteiger partial charge on any atom is 0.191 e. The molecule has 1 heterocycles. The van der Waals surface area contributed by atoms with Crippen molar-refractivity contribution in [1.29, 1.82) is 0 Å². The Kier molecular flexibility index (Phi) is 7.46. The fraction of sp³-hybridized carbons (Fsp3) is 0.250. The van der Waals surface area contributed by atoms with E-state index in [2.05, 4.69) is 25.8 Å². The van der Waals surface area contributed by atoms with Gasteiger partial charge in [-0.15, -0.1) is 10.2 Å². The lowest BCUT2D eigenvalue weighted by molar-refractivity contribution is 0.181. The van der Waals surface area contributed by atoms with E-state index >= 15 is 0 Å². The highest BCUT2D eigenvalue weighted by Gasteiger charge is 2.11. The van der Waals surface area contributed by atoms with Crippen molar-refractivity contribution < 1.29 is 5.11 Å². The summed E-state index contributed by atoms with van der Waals surface area (Å²) in [5, 5.41) is 25.8. The first kappa shape index (κ1) is 21.1. The van der Waals surface area contributed by atoms with Crippen molar-refractivity contribution in [3.8, 4) is 5.69 Å². The minimum absolute atomic E-state index is 0.244. The molecule has 0 bridgehead atoms. The Balaban J connectivity index is 1.67. The summed E-state index contributed by atoms with van der Waals surface area (Å²) >= 11 is 12.0. The Bertz CT molecular complexity index is 940. The van der Waals surface area contributed by atoms with Gasteiger partial charge in [0.1, 0.15) is 12.9 Å². The molecule has 3 aromatic rings. The predicted molar refractivity (Wildman–Crippen MR) is 116 cm³/mol. The second-order valence-corrected chi connectivity index (χ2v) is 7.12. The lowest BCUT2D eigenvalue weighted by Gasteiger charge is -2.16. The Labute approximate surface area is 179 Å². The lowest BCUT2D eigenvalue weighted by atomic mass is 10.1. The lowest BCUT2D eigenvalue weighted by Crippen LogP contribution is -2.39. The number of nitrogens with zero attached hydrogens (tertiary/aromatic N) is 4. The minimum Gasteiger partial charge on any atom is -0.387 e. The number of para-hydroxylation sites is 1. The fourth-order valence-electron chi connectivity index (χ4n) is 2.74. The molecule has 1 aromatic heterocycles. The highest BCUT2D eigenvalue weighted by Crippen LogP contribution is 2.23. The summed E-state index contributed by atoms with van der Waals surface area (Å²) in [6.45, 7) is 3.21. The molecule has 0 saturated heterocycles. The van der Waals surface area contributed by atoms with E-state index in [9.17, 15) is 5.11 Å². The summed E-state index contributed by atoms with van der Waals surface area (Å²) in [6, 6.07) is 14.8. The predicted octanol–water partition coefficient (Wildman–Crippen LogP) is 3.36. The normalized spacial score (nSPS) is 12.6. The Morgan fingerprint density at radius 3 is 2.55 bits per heavy atom. The number of aliphatic hydroxyl groups is 1. The maximum absolute atomic E-state index is 10.4. The third-order valence-electron chi connectivity index (χ3n) is 4.11. The van der Waals surface area contributed by atoms with Gasteiger partial charge in [-0.1, -0.05) is 41.4 Å². The zero-order valence-corrected chi connectivity index (χ0v) is 17.4. The van der Waals surface area contributed by atoms with E-state index in [0.717, 1.165) is 5.69 Å². The SMILES string of the molecule is CCNC(=NCc1nncn1-c1ccccc1)NCC(O)c1cc(Cl)cc(Cl)c1. The molecule has 0 fully saturated rings. The van der Waals surface area contributed by atoms with Crippen LogP contribution in [0.1, 0.15) is 24.4 Å². The van der Waals surface area contributed by atoms with Crippen molar-refractivity contribution in [2.45, 2.75) is 19.6 Å². The summed E-state index contributed by atoms with van der Waals surface area (Å²) in [5.41, 5.74) is 1.60. The quantitative estimate of drug-likeness (QED) is 0.393. The third kappa shape index (κ3) is 5.93. The van der Waals surface area contributed by atoms with Crippen molar-refractivity contribution in [3.05, 3.63) is 76.3 Å². The Hall–Kier alpha value is -2.61. The van der Waals surface area contributed by atoms with E-state index in [1.165, 1.54) is 0 Å². The highest BCUT2D eigenvalue weighted by molar-refractivity contribution is 6.34. The molecule has 0 saturated carbocycles. The van der Waals surface area contributed by atoms with Gasteiger partial charge in [0.15, 0.2) is 11.8 Å². The van der Waals surface area contributed by atoms with E-state index in [0.29, 0.717) is 40.5 Å². The number of aromatic nitrogens is 3. The van der Waals surface area contributed by atoms with Gasteiger partial charge in [-0.3, -0.25) is 4.57 Å². The van der Waals surface area contributed by atoms with Gasteiger partial charge in [-0.2, -0.15) is 0 Å². The van der Waals surface area contributed by atoms with Gasteiger partial charge in [0.05, 0.1) is 6.10 Å². The standard InChI is InChI=1S/C20H22Cl2N6O/c1-2-23-20(24-11-18(29)14-8-15(21)10-16(22)9-14)25-12-19-27-26-13-28(19)17-6-4-3-5-7-17/h3-10,13,18,29H,2,11-12H2,1H3,(H2,23,24,25). The van der Waals surface area contributed by atoms with Crippen LogP contribution in [0.3, 0.4) is 0 Å². The molecule has 152 valence electrons. The molecule has 29 heavy (non-hydrogen) atoms. The van der Waals surface area contributed by atoms with Crippen LogP contribution in [-0.4, -0.2) is 38.9 Å². The molecule has 2 aromatic carbocycles. The van der Waals surface area contributed by atoms with Crippen molar-refractivity contribution >= 4 is 29.2 Å². The molecule has 3 N–H and O–H groups in total. The van der Waals surface area contributed by atoms with Gasteiger partial charge in [0.2, 0.25) is 0 Å². The van der Waals surface area contributed by atoms with Crippen LogP contribution in [0.2, 0.25) is 10.0 Å². The first-order chi connectivity index (χ1) is 14.1. The fourth-order valence-corrected chi connectivity index (χ4v) is 3.28. The number of hydrogen-bond acceptors (Lipinski definition) is 4. The topological polar surface area (TPSA) is 87.4 Å². The van der Waals surface area contributed by atoms with Crippen LogP contribution in [0.25, 0.3) is 5.69 Å². The first-order valence-electron chi connectivity index (χ1n) is 9.17. The van der Waals surface area contributed by atoms with Crippen LogP contribution >= 0.6 is 23.2 Å². The molecule has 0 aliphatic rings. The van der Waals surface area contributed by atoms with E-state index in [-0.39, 0.29) is 6.54 Å². The number of aliphatic hydroxyl groups excluding tert-OH is 1. The monoisotopic (exact) mass is 432 g/mol. The van der Waals surface area contributed by atoms with Crippen molar-refractivity contribution in [2.75, 3.05) is 13.1 Å². The summed E-state index contributed by atoms with van der Waals surface area (Å²) < 4.78 is 1.88. The summed E-state index contributed by atoms with van der Waals surface area (Å²) in [4.78, 5) is 4.55. The number of halogens is 2. The Morgan fingerprint density at radius 2 is 1.86 bits per heavy atom. The van der Waals surface area contributed by atoms with Gasteiger partial charge in [0.25, 0.3) is 0 Å². The molecule has 0 radical (unpaired) electrons. The van der Waals surface area contributed by atoms with Crippen molar-refractivity contribution in [2.24, 2.45) is 4.99 Å². The average Bonchev–Trinajstić information content (AvgIpc) is 3.18. The number of guanidine groups is 1. The zero-order chi connectivity index (χ0) is 20.6. The molecule has 0 amide bonds. The molecule has 3 rings (SSSR count). The van der Waals surface area contributed by atoms with Crippen LogP contribution in [0.5, 0.6) is 0 Å². The van der Waals surface area contributed by atoms with Gasteiger partial charge in [-0.05, 0) is 42.8 Å². The highest BCUT2D eigenvalue weighted by atomic mass is 35.5. The summed E-state index contributed by atoms with van der Waals surface area (Å²) in [7, 11) is 0.